The highest BCUT2D eigenvalue weighted by Crippen LogP contribution is 2.44. The molecule has 2 aromatic rings. The zero-order chi connectivity index (χ0) is 25.0. The lowest BCUT2D eigenvalue weighted by Crippen LogP contribution is -2.30. The lowest BCUT2D eigenvalue weighted by molar-refractivity contribution is -0.139. The van der Waals surface area contributed by atoms with Crippen LogP contribution in [-0.2, 0) is 9.59 Å². The summed E-state index contributed by atoms with van der Waals surface area (Å²) in [6.45, 7) is 2.35. The Labute approximate surface area is 203 Å². The Bertz CT molecular complexity index is 1130. The number of phenolic OH excluding ortho intramolecular Hbond substituents is 1. The number of hydrogen-bond acceptors (Lipinski definition) is 7. The zero-order valence-electron chi connectivity index (χ0n) is 19.6. The molecule has 2 N–H and O–H groups in total. The smallest absolute Gasteiger partial charge is 0.295 e. The van der Waals surface area contributed by atoms with Crippen LogP contribution < -0.4 is 14.2 Å². The van der Waals surface area contributed by atoms with E-state index in [0.29, 0.717) is 24.3 Å². The Morgan fingerprint density at radius 3 is 2.26 bits per heavy atom. The average Bonchev–Trinajstić information content (AvgIpc) is 3.08. The van der Waals surface area contributed by atoms with E-state index in [4.69, 9.17) is 25.8 Å². The number of phenols is 1. The number of Topliss-reactive ketones (excluding diaryl/α,β-unsaturated/α-hetero) is 1. The van der Waals surface area contributed by atoms with Crippen LogP contribution in [0.2, 0.25) is 5.02 Å². The van der Waals surface area contributed by atoms with Crippen LogP contribution in [0, 0.1) is 0 Å². The molecule has 34 heavy (non-hydrogen) atoms. The summed E-state index contributed by atoms with van der Waals surface area (Å²) in [5, 5.41) is 21.9. The van der Waals surface area contributed by atoms with Crippen LogP contribution in [-0.4, -0.2) is 54.7 Å². The van der Waals surface area contributed by atoms with E-state index in [1.54, 1.807) is 12.1 Å². The van der Waals surface area contributed by atoms with E-state index in [-0.39, 0.29) is 33.4 Å². The monoisotopic (exact) mass is 489 g/mol. The van der Waals surface area contributed by atoms with Gasteiger partial charge in [0.2, 0.25) is 0 Å². The van der Waals surface area contributed by atoms with Crippen molar-refractivity contribution in [3.05, 3.63) is 52.1 Å². The number of methoxy groups -OCH3 is 3. The van der Waals surface area contributed by atoms with Crippen molar-refractivity contribution in [2.45, 2.75) is 32.2 Å². The summed E-state index contributed by atoms with van der Waals surface area (Å²) in [7, 11) is 4.27. The van der Waals surface area contributed by atoms with Gasteiger partial charge < -0.3 is 29.3 Å². The normalized spacial score (nSPS) is 17.2. The molecule has 0 radical (unpaired) electrons. The molecule has 1 saturated heterocycles. The fraction of sp³-hybridized carbons (Fsp3) is 0.360. The van der Waals surface area contributed by atoms with Gasteiger partial charge in [0.15, 0.2) is 11.5 Å². The molecule has 3 rings (SSSR count). The molecule has 0 spiro atoms. The number of ketones is 1. The third-order valence-corrected chi connectivity index (χ3v) is 6.09. The molecule has 0 aromatic heterocycles. The van der Waals surface area contributed by atoms with Crippen LogP contribution in [0.5, 0.6) is 23.0 Å². The molecule has 0 bridgehead atoms. The van der Waals surface area contributed by atoms with Crippen LogP contribution in [0.25, 0.3) is 5.76 Å². The van der Waals surface area contributed by atoms with Crippen molar-refractivity contribution >= 4 is 29.1 Å². The second kappa shape index (κ2) is 10.7. The highest BCUT2D eigenvalue weighted by atomic mass is 35.5. The zero-order valence-corrected chi connectivity index (χ0v) is 20.3. The fourth-order valence-corrected chi connectivity index (χ4v) is 4.30. The van der Waals surface area contributed by atoms with Gasteiger partial charge in [-0.3, -0.25) is 9.59 Å². The molecule has 8 nitrogen and oxygen atoms in total. The van der Waals surface area contributed by atoms with Crippen molar-refractivity contribution in [1.29, 1.82) is 0 Å². The molecule has 1 aliphatic heterocycles. The van der Waals surface area contributed by atoms with E-state index in [9.17, 15) is 19.8 Å². The Balaban J connectivity index is 2.23. The lowest BCUT2D eigenvalue weighted by Gasteiger charge is -2.26. The number of carbonyl (C=O) groups is 2. The predicted molar refractivity (Wildman–Crippen MR) is 128 cm³/mol. The second-order valence-electron chi connectivity index (χ2n) is 7.82. The molecule has 1 heterocycles. The molecule has 0 aliphatic carbocycles. The van der Waals surface area contributed by atoms with Gasteiger partial charge in [-0.05, 0) is 30.2 Å². The maximum atomic E-state index is 13.2. The molecule has 0 saturated carbocycles. The topological polar surface area (TPSA) is 106 Å². The van der Waals surface area contributed by atoms with Crippen molar-refractivity contribution in [3.63, 3.8) is 0 Å². The lowest BCUT2D eigenvalue weighted by atomic mass is 9.94. The third kappa shape index (κ3) is 4.63. The summed E-state index contributed by atoms with van der Waals surface area (Å²) in [5.74, 6) is -1.35. The minimum absolute atomic E-state index is 0.120. The molecule has 182 valence electrons. The van der Waals surface area contributed by atoms with Crippen molar-refractivity contribution < 1.29 is 34.0 Å². The molecule has 1 amide bonds. The van der Waals surface area contributed by atoms with E-state index in [1.165, 1.54) is 44.4 Å². The summed E-state index contributed by atoms with van der Waals surface area (Å²) in [5.41, 5.74) is 0.474. The average molecular weight is 490 g/mol. The van der Waals surface area contributed by atoms with E-state index in [0.717, 1.165) is 12.8 Å². The van der Waals surface area contributed by atoms with Crippen LogP contribution >= 0.6 is 11.6 Å². The van der Waals surface area contributed by atoms with Gasteiger partial charge >= 0.3 is 0 Å². The second-order valence-corrected chi connectivity index (χ2v) is 8.23. The van der Waals surface area contributed by atoms with Gasteiger partial charge in [-0.15, -0.1) is 0 Å². The summed E-state index contributed by atoms with van der Waals surface area (Å²) in [4.78, 5) is 27.6. The predicted octanol–water partition coefficient (Wildman–Crippen LogP) is 4.68. The summed E-state index contributed by atoms with van der Waals surface area (Å²) < 4.78 is 15.7. The molecular weight excluding hydrogens is 462 g/mol. The van der Waals surface area contributed by atoms with Gasteiger partial charge in [-0.25, -0.2) is 0 Å². The highest BCUT2D eigenvalue weighted by molar-refractivity contribution is 6.46. The van der Waals surface area contributed by atoms with Crippen LogP contribution in [0.3, 0.4) is 0 Å². The molecule has 9 heteroatoms. The van der Waals surface area contributed by atoms with E-state index in [2.05, 4.69) is 0 Å². The van der Waals surface area contributed by atoms with Gasteiger partial charge in [0.25, 0.3) is 11.7 Å². The minimum atomic E-state index is -0.917. The summed E-state index contributed by atoms with van der Waals surface area (Å²) >= 11 is 6.27. The summed E-state index contributed by atoms with van der Waals surface area (Å²) in [6, 6.07) is 6.60. The molecule has 1 fully saturated rings. The van der Waals surface area contributed by atoms with Crippen LogP contribution in [0.4, 0.5) is 0 Å². The maximum absolute atomic E-state index is 13.2. The van der Waals surface area contributed by atoms with Gasteiger partial charge in [0, 0.05) is 12.6 Å². The van der Waals surface area contributed by atoms with E-state index < -0.39 is 23.5 Å². The van der Waals surface area contributed by atoms with Crippen LogP contribution in [0.1, 0.15) is 43.4 Å². The number of aromatic hydroxyl groups is 1. The first kappa shape index (κ1) is 25.2. The number of aliphatic hydroxyl groups excluding tert-OH is 1. The van der Waals surface area contributed by atoms with Gasteiger partial charge in [-0.1, -0.05) is 37.4 Å². The molecule has 1 atom stereocenters. The van der Waals surface area contributed by atoms with Gasteiger partial charge in [0.1, 0.15) is 17.3 Å². The number of unbranched alkanes of at least 4 members (excludes halogenated alkanes) is 2. The first-order chi connectivity index (χ1) is 16.3. The number of aliphatic hydroxyl groups is 1. The standard InChI is InChI=1S/C25H28ClNO7/c1-5-6-7-10-27-22(14-8-9-18(32-2)17(28)11-14)21(24(30)25(27)31)23(29)15-12-16(26)20(34-4)13-19(15)33-3/h8-9,11-13,22,28-29H,5-7,10H2,1-4H3/b23-21+. The number of carbonyl (C=O) groups excluding carboxylic acids is 2. The van der Waals surface area contributed by atoms with Crippen molar-refractivity contribution in [2.75, 3.05) is 27.9 Å². The number of rotatable bonds is 9. The van der Waals surface area contributed by atoms with Crippen molar-refractivity contribution in [2.24, 2.45) is 0 Å². The number of benzene rings is 2. The molecular formula is C25H28ClNO7. The SMILES string of the molecule is CCCCCN1C(=O)C(=O)/C(=C(/O)c2cc(Cl)c(OC)cc2OC)C1c1ccc(OC)c(O)c1. The largest absolute Gasteiger partial charge is 0.507 e. The molecule has 1 unspecified atom stereocenters. The summed E-state index contributed by atoms with van der Waals surface area (Å²) in [6.07, 6.45) is 2.48. The fourth-order valence-electron chi connectivity index (χ4n) is 4.06. The van der Waals surface area contributed by atoms with Crippen molar-refractivity contribution in [1.82, 2.24) is 4.90 Å². The Hall–Kier alpha value is -3.39. The third-order valence-electron chi connectivity index (χ3n) is 5.79. The first-order valence-electron chi connectivity index (χ1n) is 10.9. The minimum Gasteiger partial charge on any atom is -0.507 e. The number of likely N-dealkylation sites (tertiary alicyclic amines) is 1. The number of amides is 1. The molecule has 2 aromatic carbocycles. The first-order valence-corrected chi connectivity index (χ1v) is 11.2. The molecule has 1 aliphatic rings. The number of hydrogen-bond donors (Lipinski definition) is 2. The number of halogens is 1. The van der Waals surface area contributed by atoms with E-state index >= 15 is 0 Å². The maximum Gasteiger partial charge on any atom is 0.295 e. The van der Waals surface area contributed by atoms with Gasteiger partial charge in [-0.2, -0.15) is 0 Å². The van der Waals surface area contributed by atoms with Crippen molar-refractivity contribution in [3.8, 4) is 23.0 Å². The Morgan fingerprint density at radius 2 is 1.68 bits per heavy atom. The number of ether oxygens (including phenoxy) is 3. The Kier molecular flexibility index (Phi) is 7.94. The Morgan fingerprint density at radius 1 is 1.00 bits per heavy atom. The quantitative estimate of drug-likeness (QED) is 0.228. The van der Waals surface area contributed by atoms with E-state index in [1.807, 2.05) is 6.92 Å². The number of nitrogens with zero attached hydrogens (tertiary/aromatic N) is 1. The van der Waals surface area contributed by atoms with Gasteiger partial charge in [0.05, 0.1) is 43.5 Å². The highest BCUT2D eigenvalue weighted by Gasteiger charge is 2.46. The van der Waals surface area contributed by atoms with Crippen LogP contribution in [0.15, 0.2) is 35.9 Å².